The smallest absolute Gasteiger partial charge is 0.219 e. The molecule has 98 valence electrons. The van der Waals surface area contributed by atoms with Crippen molar-refractivity contribution in [3.8, 4) is 0 Å². The molecular formula is C15H22N2O. The molecule has 3 nitrogen and oxygen atoms in total. The SMILES string of the molecule is CCC(=O)NCc1ccc(CN2CCCC2)cc1. The van der Waals surface area contributed by atoms with Gasteiger partial charge in [-0.05, 0) is 37.1 Å². The Labute approximate surface area is 109 Å². The average Bonchev–Trinajstić information content (AvgIpc) is 2.90. The number of nitrogens with one attached hydrogen (secondary N) is 1. The van der Waals surface area contributed by atoms with E-state index in [9.17, 15) is 4.79 Å². The highest BCUT2D eigenvalue weighted by molar-refractivity contribution is 5.75. The Bertz CT molecular complexity index is 380. The van der Waals surface area contributed by atoms with Gasteiger partial charge >= 0.3 is 0 Å². The quantitative estimate of drug-likeness (QED) is 0.864. The minimum absolute atomic E-state index is 0.108. The molecule has 0 atom stereocenters. The van der Waals surface area contributed by atoms with Crippen molar-refractivity contribution in [2.45, 2.75) is 39.3 Å². The molecule has 0 bridgehead atoms. The van der Waals surface area contributed by atoms with Crippen LogP contribution in [0.3, 0.4) is 0 Å². The highest BCUT2D eigenvalue weighted by atomic mass is 16.1. The highest BCUT2D eigenvalue weighted by Gasteiger charge is 2.11. The van der Waals surface area contributed by atoms with Crippen LogP contribution in [0, 0.1) is 0 Å². The molecular weight excluding hydrogens is 224 g/mol. The summed E-state index contributed by atoms with van der Waals surface area (Å²) in [6.07, 6.45) is 3.22. The van der Waals surface area contributed by atoms with Crippen molar-refractivity contribution < 1.29 is 4.79 Å². The summed E-state index contributed by atoms with van der Waals surface area (Å²) in [4.78, 5) is 13.7. The molecule has 1 aromatic carbocycles. The highest BCUT2D eigenvalue weighted by Crippen LogP contribution is 2.13. The first kappa shape index (κ1) is 13.1. The van der Waals surface area contributed by atoms with Gasteiger partial charge in [-0.1, -0.05) is 31.2 Å². The minimum atomic E-state index is 0.108. The molecule has 1 aliphatic rings. The average molecular weight is 246 g/mol. The summed E-state index contributed by atoms with van der Waals surface area (Å²) >= 11 is 0. The molecule has 0 aromatic heterocycles. The van der Waals surface area contributed by atoms with Crippen molar-refractivity contribution >= 4 is 5.91 Å². The Balaban J connectivity index is 1.82. The minimum Gasteiger partial charge on any atom is -0.352 e. The van der Waals surface area contributed by atoms with E-state index in [0.717, 1.165) is 6.54 Å². The molecule has 18 heavy (non-hydrogen) atoms. The molecule has 2 rings (SSSR count). The number of carbonyl (C=O) groups is 1. The third-order valence-electron chi connectivity index (χ3n) is 3.44. The zero-order valence-electron chi connectivity index (χ0n) is 11.1. The molecule has 1 N–H and O–H groups in total. The van der Waals surface area contributed by atoms with E-state index in [1.54, 1.807) is 0 Å². The zero-order chi connectivity index (χ0) is 12.8. The molecule has 0 spiro atoms. The predicted molar refractivity (Wildman–Crippen MR) is 73.1 cm³/mol. The normalized spacial score (nSPS) is 15.8. The van der Waals surface area contributed by atoms with Crippen molar-refractivity contribution in [3.63, 3.8) is 0 Å². The summed E-state index contributed by atoms with van der Waals surface area (Å²) in [5.74, 6) is 0.108. The monoisotopic (exact) mass is 246 g/mol. The number of hydrogen-bond donors (Lipinski definition) is 1. The van der Waals surface area contributed by atoms with Crippen molar-refractivity contribution in [3.05, 3.63) is 35.4 Å². The maximum absolute atomic E-state index is 11.2. The fraction of sp³-hybridized carbons (Fsp3) is 0.533. The van der Waals surface area contributed by atoms with Gasteiger partial charge in [0, 0.05) is 19.5 Å². The second-order valence-electron chi connectivity index (χ2n) is 4.93. The van der Waals surface area contributed by atoms with Crippen LogP contribution >= 0.6 is 0 Å². The molecule has 1 aromatic rings. The standard InChI is InChI=1S/C15H22N2O/c1-2-15(18)16-11-13-5-7-14(8-6-13)12-17-9-3-4-10-17/h5-8H,2-4,9-12H2,1H3,(H,16,18). The van der Waals surface area contributed by atoms with Crippen LogP contribution in [0.15, 0.2) is 24.3 Å². The lowest BCUT2D eigenvalue weighted by Crippen LogP contribution is -2.21. The van der Waals surface area contributed by atoms with Crippen LogP contribution in [-0.4, -0.2) is 23.9 Å². The summed E-state index contributed by atoms with van der Waals surface area (Å²) < 4.78 is 0. The van der Waals surface area contributed by atoms with E-state index in [-0.39, 0.29) is 5.91 Å². The van der Waals surface area contributed by atoms with E-state index in [1.807, 2.05) is 6.92 Å². The van der Waals surface area contributed by atoms with Gasteiger partial charge in [0.1, 0.15) is 0 Å². The van der Waals surface area contributed by atoms with Crippen LogP contribution in [-0.2, 0) is 17.9 Å². The van der Waals surface area contributed by atoms with Crippen LogP contribution in [0.25, 0.3) is 0 Å². The first-order valence-electron chi connectivity index (χ1n) is 6.85. The van der Waals surface area contributed by atoms with Gasteiger partial charge in [-0.25, -0.2) is 0 Å². The Kier molecular flexibility index (Phi) is 4.76. The third kappa shape index (κ3) is 3.84. The van der Waals surface area contributed by atoms with E-state index >= 15 is 0 Å². The summed E-state index contributed by atoms with van der Waals surface area (Å²) in [6, 6.07) is 8.57. The third-order valence-corrected chi connectivity index (χ3v) is 3.44. The molecule has 0 unspecified atom stereocenters. The maximum Gasteiger partial charge on any atom is 0.219 e. The Morgan fingerprint density at radius 2 is 1.78 bits per heavy atom. The number of nitrogens with zero attached hydrogens (tertiary/aromatic N) is 1. The molecule has 0 aliphatic carbocycles. The zero-order valence-corrected chi connectivity index (χ0v) is 11.1. The summed E-state index contributed by atoms with van der Waals surface area (Å²) in [5, 5.41) is 2.89. The number of amides is 1. The predicted octanol–water partition coefficient (Wildman–Crippen LogP) is 2.31. The van der Waals surface area contributed by atoms with Crippen LogP contribution in [0.1, 0.15) is 37.3 Å². The van der Waals surface area contributed by atoms with Gasteiger partial charge in [0.25, 0.3) is 0 Å². The number of hydrogen-bond acceptors (Lipinski definition) is 2. The number of rotatable bonds is 5. The lowest BCUT2D eigenvalue weighted by atomic mass is 10.1. The van der Waals surface area contributed by atoms with E-state index in [2.05, 4.69) is 34.5 Å². The van der Waals surface area contributed by atoms with Gasteiger partial charge in [0.2, 0.25) is 5.91 Å². The molecule has 1 fully saturated rings. The van der Waals surface area contributed by atoms with Gasteiger partial charge in [0.05, 0.1) is 0 Å². The molecule has 1 amide bonds. The van der Waals surface area contributed by atoms with E-state index in [4.69, 9.17) is 0 Å². The van der Waals surface area contributed by atoms with Gasteiger partial charge in [0.15, 0.2) is 0 Å². The first-order chi connectivity index (χ1) is 8.78. The molecule has 0 saturated carbocycles. The van der Waals surface area contributed by atoms with Crippen molar-refractivity contribution in [1.29, 1.82) is 0 Å². The summed E-state index contributed by atoms with van der Waals surface area (Å²) in [7, 11) is 0. The van der Waals surface area contributed by atoms with Crippen LogP contribution < -0.4 is 5.32 Å². The molecule has 1 heterocycles. The van der Waals surface area contributed by atoms with Gasteiger partial charge in [-0.2, -0.15) is 0 Å². The summed E-state index contributed by atoms with van der Waals surface area (Å²) in [5.41, 5.74) is 2.53. The van der Waals surface area contributed by atoms with E-state index in [0.29, 0.717) is 13.0 Å². The van der Waals surface area contributed by atoms with Crippen LogP contribution in [0.4, 0.5) is 0 Å². The number of likely N-dealkylation sites (tertiary alicyclic amines) is 1. The fourth-order valence-corrected chi connectivity index (χ4v) is 2.29. The molecule has 1 saturated heterocycles. The van der Waals surface area contributed by atoms with Crippen LogP contribution in [0.2, 0.25) is 0 Å². The van der Waals surface area contributed by atoms with Gasteiger partial charge < -0.3 is 5.32 Å². The van der Waals surface area contributed by atoms with Crippen molar-refractivity contribution in [2.24, 2.45) is 0 Å². The lowest BCUT2D eigenvalue weighted by Gasteiger charge is -2.14. The van der Waals surface area contributed by atoms with Gasteiger partial charge in [-0.3, -0.25) is 9.69 Å². The first-order valence-corrected chi connectivity index (χ1v) is 6.85. The number of benzene rings is 1. The van der Waals surface area contributed by atoms with E-state index in [1.165, 1.54) is 37.1 Å². The summed E-state index contributed by atoms with van der Waals surface area (Å²) in [6.45, 7) is 6.02. The Morgan fingerprint density at radius 3 is 2.39 bits per heavy atom. The lowest BCUT2D eigenvalue weighted by molar-refractivity contribution is -0.120. The van der Waals surface area contributed by atoms with Gasteiger partial charge in [-0.15, -0.1) is 0 Å². The Hall–Kier alpha value is -1.35. The Morgan fingerprint density at radius 1 is 1.17 bits per heavy atom. The second-order valence-corrected chi connectivity index (χ2v) is 4.93. The maximum atomic E-state index is 11.2. The van der Waals surface area contributed by atoms with E-state index < -0.39 is 0 Å². The largest absolute Gasteiger partial charge is 0.352 e. The molecule has 3 heteroatoms. The molecule has 1 aliphatic heterocycles. The van der Waals surface area contributed by atoms with Crippen molar-refractivity contribution in [2.75, 3.05) is 13.1 Å². The number of carbonyl (C=O) groups excluding carboxylic acids is 1. The molecule has 0 radical (unpaired) electrons. The second kappa shape index (κ2) is 6.55. The fourth-order valence-electron chi connectivity index (χ4n) is 2.29. The topological polar surface area (TPSA) is 32.3 Å². The van der Waals surface area contributed by atoms with Crippen LogP contribution in [0.5, 0.6) is 0 Å². The van der Waals surface area contributed by atoms with Crippen molar-refractivity contribution in [1.82, 2.24) is 10.2 Å².